The van der Waals surface area contributed by atoms with E-state index in [9.17, 15) is 4.79 Å². The largest absolute Gasteiger partial charge is 0.299 e. The van der Waals surface area contributed by atoms with E-state index in [2.05, 4.69) is 0 Å². The second-order valence-corrected chi connectivity index (χ2v) is 2.26. The monoisotopic (exact) mass is 98.1 g/mol. The summed E-state index contributed by atoms with van der Waals surface area (Å²) in [5, 5.41) is 0. The zero-order chi connectivity index (χ0) is 5.28. The number of carbonyl (C=O) groups excluding carboxylic acids is 1. The van der Waals surface area contributed by atoms with Crippen LogP contribution in [0.5, 0.6) is 0 Å². The SMILES string of the molecule is C[C@H]1CCCC1=O. The van der Waals surface area contributed by atoms with Crippen LogP contribution in [0, 0.1) is 5.92 Å². The summed E-state index contributed by atoms with van der Waals surface area (Å²) in [6.45, 7) is 2.01. The van der Waals surface area contributed by atoms with Crippen LogP contribution in [-0.4, -0.2) is 5.78 Å². The van der Waals surface area contributed by atoms with Gasteiger partial charge < -0.3 is 0 Å². The van der Waals surface area contributed by atoms with E-state index in [4.69, 9.17) is 0 Å². The molecule has 1 heteroatoms. The molecule has 1 aliphatic carbocycles. The molecule has 1 fully saturated rings. The lowest BCUT2D eigenvalue weighted by Crippen LogP contribution is -1.98. The molecule has 1 saturated carbocycles. The summed E-state index contributed by atoms with van der Waals surface area (Å²) in [5.74, 6) is 0.833. The van der Waals surface area contributed by atoms with Gasteiger partial charge in [0, 0.05) is 12.3 Å². The molecule has 7 heavy (non-hydrogen) atoms. The Balaban J connectivity index is 2.48. The van der Waals surface area contributed by atoms with Crippen molar-refractivity contribution in [2.24, 2.45) is 5.92 Å². The van der Waals surface area contributed by atoms with Crippen molar-refractivity contribution < 1.29 is 4.79 Å². The van der Waals surface area contributed by atoms with Crippen molar-refractivity contribution in [3.05, 3.63) is 0 Å². The highest BCUT2D eigenvalue weighted by Crippen LogP contribution is 2.19. The number of hydrogen-bond acceptors (Lipinski definition) is 1. The van der Waals surface area contributed by atoms with Gasteiger partial charge in [0.15, 0.2) is 0 Å². The summed E-state index contributed by atoms with van der Waals surface area (Å²) in [5.41, 5.74) is 0. The Morgan fingerprint density at radius 3 is 2.57 bits per heavy atom. The topological polar surface area (TPSA) is 17.1 Å². The maximum atomic E-state index is 10.6. The fourth-order valence-electron chi connectivity index (χ4n) is 0.990. The molecule has 0 aliphatic heterocycles. The molecular weight excluding hydrogens is 88.1 g/mol. The van der Waals surface area contributed by atoms with Gasteiger partial charge in [0.1, 0.15) is 5.78 Å². The average molecular weight is 98.1 g/mol. The predicted octanol–water partition coefficient (Wildman–Crippen LogP) is 1.38. The summed E-state index contributed by atoms with van der Waals surface area (Å²) in [4.78, 5) is 10.6. The molecular formula is C6H10O. The van der Waals surface area contributed by atoms with Crippen molar-refractivity contribution in [2.75, 3.05) is 0 Å². The van der Waals surface area contributed by atoms with Gasteiger partial charge in [-0.1, -0.05) is 6.92 Å². The van der Waals surface area contributed by atoms with E-state index in [1.54, 1.807) is 0 Å². The highest BCUT2D eigenvalue weighted by molar-refractivity contribution is 5.82. The van der Waals surface area contributed by atoms with Crippen LogP contribution in [-0.2, 0) is 4.79 Å². The van der Waals surface area contributed by atoms with E-state index >= 15 is 0 Å². The average Bonchev–Trinajstić information content (AvgIpc) is 1.91. The minimum atomic E-state index is 0.375. The third-order valence-electron chi connectivity index (χ3n) is 1.61. The second-order valence-electron chi connectivity index (χ2n) is 2.26. The van der Waals surface area contributed by atoms with E-state index in [1.807, 2.05) is 6.92 Å². The number of Topliss-reactive ketones (excluding diaryl/α,β-unsaturated/α-hetero) is 1. The Kier molecular flexibility index (Phi) is 1.13. The van der Waals surface area contributed by atoms with Crippen molar-refractivity contribution >= 4 is 5.78 Å². The first-order chi connectivity index (χ1) is 3.30. The van der Waals surface area contributed by atoms with E-state index in [1.165, 1.54) is 0 Å². The summed E-state index contributed by atoms with van der Waals surface area (Å²) in [7, 11) is 0. The van der Waals surface area contributed by atoms with Gasteiger partial charge in [0.2, 0.25) is 0 Å². The smallest absolute Gasteiger partial charge is 0.135 e. The molecule has 0 N–H and O–H groups in total. The molecule has 1 nitrogen and oxygen atoms in total. The molecule has 0 bridgehead atoms. The number of hydrogen-bond donors (Lipinski definition) is 0. The van der Waals surface area contributed by atoms with Gasteiger partial charge in [0.05, 0.1) is 0 Å². The summed E-state index contributed by atoms with van der Waals surface area (Å²) < 4.78 is 0. The van der Waals surface area contributed by atoms with Crippen LogP contribution < -0.4 is 0 Å². The lowest BCUT2D eigenvalue weighted by atomic mass is 10.1. The Hall–Kier alpha value is -0.330. The maximum absolute atomic E-state index is 10.6. The first-order valence-corrected chi connectivity index (χ1v) is 2.83. The highest BCUT2D eigenvalue weighted by Gasteiger charge is 2.18. The molecule has 40 valence electrons. The van der Waals surface area contributed by atoms with Gasteiger partial charge in [-0.25, -0.2) is 0 Å². The second kappa shape index (κ2) is 1.65. The van der Waals surface area contributed by atoms with Gasteiger partial charge in [-0.3, -0.25) is 4.79 Å². The molecule has 0 unspecified atom stereocenters. The minimum Gasteiger partial charge on any atom is -0.299 e. The fourth-order valence-corrected chi connectivity index (χ4v) is 0.990. The van der Waals surface area contributed by atoms with Gasteiger partial charge in [-0.05, 0) is 12.8 Å². The third-order valence-corrected chi connectivity index (χ3v) is 1.61. The highest BCUT2D eigenvalue weighted by atomic mass is 16.1. The zero-order valence-electron chi connectivity index (χ0n) is 4.61. The van der Waals surface area contributed by atoms with E-state index < -0.39 is 0 Å². The lowest BCUT2D eigenvalue weighted by molar-refractivity contribution is -0.120. The fraction of sp³-hybridized carbons (Fsp3) is 0.833. The Bertz CT molecular complexity index is 86.2. The quantitative estimate of drug-likeness (QED) is 0.447. The number of rotatable bonds is 0. The van der Waals surface area contributed by atoms with Gasteiger partial charge in [-0.2, -0.15) is 0 Å². The predicted molar refractivity (Wildman–Crippen MR) is 28.0 cm³/mol. The van der Waals surface area contributed by atoms with Crippen molar-refractivity contribution in [3.63, 3.8) is 0 Å². The first-order valence-electron chi connectivity index (χ1n) is 2.83. The van der Waals surface area contributed by atoms with Crippen molar-refractivity contribution in [3.8, 4) is 0 Å². The van der Waals surface area contributed by atoms with Gasteiger partial charge in [-0.15, -0.1) is 0 Å². The Morgan fingerprint density at radius 2 is 2.43 bits per heavy atom. The van der Waals surface area contributed by atoms with E-state index in [0.29, 0.717) is 11.7 Å². The number of carbonyl (C=O) groups is 1. The number of ketones is 1. The summed E-state index contributed by atoms with van der Waals surface area (Å²) >= 11 is 0. The molecule has 1 rings (SSSR count). The van der Waals surface area contributed by atoms with Crippen LogP contribution in [0.15, 0.2) is 0 Å². The first kappa shape index (κ1) is 4.82. The molecule has 0 amide bonds. The normalized spacial score (nSPS) is 31.6. The third kappa shape index (κ3) is 0.817. The van der Waals surface area contributed by atoms with Crippen LogP contribution in [0.1, 0.15) is 26.2 Å². The summed E-state index contributed by atoms with van der Waals surface area (Å²) in [6.07, 6.45) is 3.08. The van der Waals surface area contributed by atoms with Crippen molar-refractivity contribution in [2.45, 2.75) is 26.2 Å². The molecule has 0 radical (unpaired) electrons. The van der Waals surface area contributed by atoms with Crippen LogP contribution in [0.2, 0.25) is 0 Å². The molecule has 0 heterocycles. The standard InChI is InChI=1S/C6H10O/c1-5-3-2-4-6(5)7/h5H,2-4H2,1H3/t5-/m0/s1. The van der Waals surface area contributed by atoms with E-state index in [0.717, 1.165) is 19.3 Å². The minimum absolute atomic E-state index is 0.375. The molecule has 1 atom stereocenters. The molecule has 0 spiro atoms. The lowest BCUT2D eigenvalue weighted by Gasteiger charge is -1.91. The van der Waals surface area contributed by atoms with Gasteiger partial charge >= 0.3 is 0 Å². The maximum Gasteiger partial charge on any atom is 0.135 e. The molecule has 0 aromatic rings. The van der Waals surface area contributed by atoms with Crippen LogP contribution in [0.3, 0.4) is 0 Å². The van der Waals surface area contributed by atoms with Crippen molar-refractivity contribution in [1.29, 1.82) is 0 Å². The van der Waals surface area contributed by atoms with Crippen LogP contribution in [0.25, 0.3) is 0 Å². The molecule has 0 saturated heterocycles. The van der Waals surface area contributed by atoms with Crippen LogP contribution in [0.4, 0.5) is 0 Å². The van der Waals surface area contributed by atoms with E-state index in [-0.39, 0.29) is 0 Å². The Morgan fingerprint density at radius 1 is 1.71 bits per heavy atom. The molecule has 0 aromatic heterocycles. The zero-order valence-corrected chi connectivity index (χ0v) is 4.61. The Labute approximate surface area is 43.7 Å². The van der Waals surface area contributed by atoms with Gasteiger partial charge in [0.25, 0.3) is 0 Å². The van der Waals surface area contributed by atoms with Crippen LogP contribution >= 0.6 is 0 Å². The summed E-state index contributed by atoms with van der Waals surface area (Å²) in [6, 6.07) is 0. The van der Waals surface area contributed by atoms with Crippen molar-refractivity contribution in [1.82, 2.24) is 0 Å². The molecule has 1 aliphatic rings. The molecule has 0 aromatic carbocycles.